The fraction of sp³-hybridized carbons (Fsp3) is 0.250. The summed E-state index contributed by atoms with van der Waals surface area (Å²) in [6.45, 7) is 4.30. The number of aryl methyl sites for hydroxylation is 1. The second-order valence-corrected chi connectivity index (χ2v) is 6.12. The standard InChI is InChI=1S/C20H19NO3/c1-2-19-18-10-8-15-12-16(23-13-14-6-4-3-5-7-14)9-11-17(15)21(18)20(22)24-19/h2-7,9,11-12,18-19H,1,8,10,13H2/t18?,19-/m0/s1. The maximum Gasteiger partial charge on any atom is 0.415 e. The number of ether oxygens (including phenoxy) is 2. The molecule has 0 aromatic heterocycles. The van der Waals surface area contributed by atoms with Gasteiger partial charge in [-0.2, -0.15) is 0 Å². The minimum absolute atomic E-state index is 0.0542. The lowest BCUT2D eigenvalue weighted by Gasteiger charge is -2.30. The first-order valence-corrected chi connectivity index (χ1v) is 8.18. The zero-order chi connectivity index (χ0) is 16.5. The normalized spacial score (nSPS) is 21.7. The monoisotopic (exact) mass is 321 g/mol. The Kier molecular flexibility index (Phi) is 3.73. The summed E-state index contributed by atoms with van der Waals surface area (Å²) in [5.41, 5.74) is 3.18. The van der Waals surface area contributed by atoms with Crippen LogP contribution in [-0.2, 0) is 17.8 Å². The van der Waals surface area contributed by atoms with E-state index in [0.717, 1.165) is 35.4 Å². The second kappa shape index (κ2) is 6.04. The fourth-order valence-electron chi connectivity index (χ4n) is 3.44. The first kappa shape index (κ1) is 14.8. The van der Waals surface area contributed by atoms with Crippen LogP contribution in [0.15, 0.2) is 61.2 Å². The van der Waals surface area contributed by atoms with Gasteiger partial charge in [0.2, 0.25) is 0 Å². The van der Waals surface area contributed by atoms with Crippen molar-refractivity contribution in [2.45, 2.75) is 31.6 Å². The largest absolute Gasteiger partial charge is 0.489 e. The maximum atomic E-state index is 12.2. The SMILES string of the molecule is C=C[C@@H]1OC(=O)N2c3ccc(OCc4ccccc4)cc3CCC12. The summed E-state index contributed by atoms with van der Waals surface area (Å²) >= 11 is 0. The molecule has 1 amide bonds. The van der Waals surface area contributed by atoms with Crippen LogP contribution in [0.1, 0.15) is 17.5 Å². The van der Waals surface area contributed by atoms with Crippen LogP contribution >= 0.6 is 0 Å². The Morgan fingerprint density at radius 1 is 1.25 bits per heavy atom. The Balaban J connectivity index is 1.54. The highest BCUT2D eigenvalue weighted by atomic mass is 16.6. The minimum Gasteiger partial charge on any atom is -0.489 e. The molecule has 0 N–H and O–H groups in total. The van der Waals surface area contributed by atoms with Crippen molar-refractivity contribution in [3.8, 4) is 5.75 Å². The number of benzene rings is 2. The summed E-state index contributed by atoms with van der Waals surface area (Å²) in [5.74, 6) is 0.823. The van der Waals surface area contributed by atoms with E-state index in [0.29, 0.717) is 6.61 Å². The molecule has 4 rings (SSSR count). The number of hydrogen-bond acceptors (Lipinski definition) is 3. The molecule has 1 fully saturated rings. The predicted molar refractivity (Wildman–Crippen MR) is 92.3 cm³/mol. The first-order chi connectivity index (χ1) is 11.8. The van der Waals surface area contributed by atoms with E-state index in [9.17, 15) is 4.79 Å². The number of fused-ring (bicyclic) bond motifs is 3. The van der Waals surface area contributed by atoms with Gasteiger partial charge in [0.05, 0.1) is 11.7 Å². The Labute approximate surface area is 141 Å². The van der Waals surface area contributed by atoms with Crippen LogP contribution in [0.25, 0.3) is 0 Å². The topological polar surface area (TPSA) is 38.8 Å². The average molecular weight is 321 g/mol. The molecule has 2 atom stereocenters. The molecule has 4 nitrogen and oxygen atoms in total. The van der Waals surface area contributed by atoms with Crippen LogP contribution in [0.5, 0.6) is 5.75 Å². The average Bonchev–Trinajstić information content (AvgIpc) is 2.97. The van der Waals surface area contributed by atoms with Crippen LogP contribution in [0.4, 0.5) is 10.5 Å². The number of rotatable bonds is 4. The van der Waals surface area contributed by atoms with Gasteiger partial charge in [-0.05, 0) is 48.2 Å². The zero-order valence-electron chi connectivity index (χ0n) is 13.4. The third-order valence-corrected chi connectivity index (χ3v) is 4.65. The predicted octanol–water partition coefficient (Wildman–Crippen LogP) is 4.09. The molecular formula is C20H19NO3. The fourth-order valence-corrected chi connectivity index (χ4v) is 3.44. The molecule has 1 saturated heterocycles. The van der Waals surface area contributed by atoms with Crippen molar-refractivity contribution in [2.75, 3.05) is 4.90 Å². The van der Waals surface area contributed by atoms with Gasteiger partial charge in [0.15, 0.2) is 0 Å². The number of carbonyl (C=O) groups is 1. The number of anilines is 1. The molecule has 0 radical (unpaired) electrons. The van der Waals surface area contributed by atoms with Crippen LogP contribution in [0, 0.1) is 0 Å². The Bertz CT molecular complexity index is 772. The van der Waals surface area contributed by atoms with E-state index in [1.165, 1.54) is 0 Å². The molecule has 0 saturated carbocycles. The van der Waals surface area contributed by atoms with Gasteiger partial charge < -0.3 is 9.47 Å². The van der Waals surface area contributed by atoms with E-state index in [1.807, 2.05) is 48.5 Å². The van der Waals surface area contributed by atoms with Crippen molar-refractivity contribution in [3.63, 3.8) is 0 Å². The quantitative estimate of drug-likeness (QED) is 0.796. The van der Waals surface area contributed by atoms with E-state index >= 15 is 0 Å². The van der Waals surface area contributed by atoms with Crippen LogP contribution in [0.2, 0.25) is 0 Å². The number of carbonyl (C=O) groups excluding carboxylic acids is 1. The van der Waals surface area contributed by atoms with Gasteiger partial charge in [-0.3, -0.25) is 4.90 Å². The maximum absolute atomic E-state index is 12.2. The molecule has 24 heavy (non-hydrogen) atoms. The molecule has 0 bridgehead atoms. The highest BCUT2D eigenvalue weighted by Gasteiger charge is 2.43. The lowest BCUT2D eigenvalue weighted by atomic mass is 9.93. The van der Waals surface area contributed by atoms with Crippen LogP contribution in [0.3, 0.4) is 0 Å². The molecule has 1 unspecified atom stereocenters. The smallest absolute Gasteiger partial charge is 0.415 e. The van der Waals surface area contributed by atoms with Gasteiger partial charge in [0, 0.05) is 0 Å². The molecule has 122 valence electrons. The van der Waals surface area contributed by atoms with Crippen LogP contribution in [-0.4, -0.2) is 18.2 Å². The number of hydrogen-bond donors (Lipinski definition) is 0. The molecule has 2 aromatic rings. The number of amides is 1. The summed E-state index contributed by atoms with van der Waals surface area (Å²) in [7, 11) is 0. The summed E-state index contributed by atoms with van der Waals surface area (Å²) in [6.07, 6.45) is 2.98. The lowest BCUT2D eigenvalue weighted by Crippen LogP contribution is -2.39. The van der Waals surface area contributed by atoms with Crippen LogP contribution < -0.4 is 9.64 Å². The Morgan fingerprint density at radius 3 is 2.88 bits per heavy atom. The van der Waals surface area contributed by atoms with E-state index in [4.69, 9.17) is 9.47 Å². The van der Waals surface area contributed by atoms with Crippen molar-refractivity contribution in [2.24, 2.45) is 0 Å². The van der Waals surface area contributed by atoms with Crippen molar-refractivity contribution in [1.29, 1.82) is 0 Å². The Hall–Kier alpha value is -2.75. The molecule has 2 heterocycles. The van der Waals surface area contributed by atoms with E-state index in [1.54, 1.807) is 11.0 Å². The zero-order valence-corrected chi connectivity index (χ0v) is 13.4. The van der Waals surface area contributed by atoms with Gasteiger partial charge in [0.25, 0.3) is 0 Å². The third kappa shape index (κ3) is 2.54. The molecule has 2 aliphatic rings. The molecule has 2 aromatic carbocycles. The summed E-state index contributed by atoms with van der Waals surface area (Å²) < 4.78 is 11.3. The van der Waals surface area contributed by atoms with Crippen molar-refractivity contribution in [3.05, 3.63) is 72.3 Å². The van der Waals surface area contributed by atoms with Crippen molar-refractivity contribution >= 4 is 11.8 Å². The molecular weight excluding hydrogens is 302 g/mol. The van der Waals surface area contributed by atoms with Crippen molar-refractivity contribution < 1.29 is 14.3 Å². The second-order valence-electron chi connectivity index (χ2n) is 6.12. The van der Waals surface area contributed by atoms with E-state index in [-0.39, 0.29) is 18.2 Å². The first-order valence-electron chi connectivity index (χ1n) is 8.18. The van der Waals surface area contributed by atoms with Gasteiger partial charge in [-0.1, -0.05) is 36.9 Å². The molecule has 4 heteroatoms. The van der Waals surface area contributed by atoms with Gasteiger partial charge >= 0.3 is 6.09 Å². The highest BCUT2D eigenvalue weighted by Crippen LogP contribution is 2.39. The van der Waals surface area contributed by atoms with Gasteiger partial charge in [-0.25, -0.2) is 4.79 Å². The lowest BCUT2D eigenvalue weighted by molar-refractivity contribution is 0.153. The number of nitrogens with zero attached hydrogens (tertiary/aromatic N) is 1. The summed E-state index contributed by atoms with van der Waals surface area (Å²) in [4.78, 5) is 13.9. The van der Waals surface area contributed by atoms with E-state index in [2.05, 4.69) is 6.58 Å². The minimum atomic E-state index is -0.288. The summed E-state index contributed by atoms with van der Waals surface area (Å²) in [6, 6.07) is 16.0. The molecule has 0 spiro atoms. The number of cyclic esters (lactones) is 1. The summed E-state index contributed by atoms with van der Waals surface area (Å²) in [5, 5.41) is 0. The van der Waals surface area contributed by atoms with Gasteiger partial charge in [-0.15, -0.1) is 0 Å². The highest BCUT2D eigenvalue weighted by molar-refractivity contribution is 5.92. The Morgan fingerprint density at radius 2 is 2.08 bits per heavy atom. The van der Waals surface area contributed by atoms with Crippen molar-refractivity contribution in [1.82, 2.24) is 0 Å². The van der Waals surface area contributed by atoms with Gasteiger partial charge in [0.1, 0.15) is 18.5 Å². The third-order valence-electron chi connectivity index (χ3n) is 4.65. The molecule has 2 aliphatic heterocycles. The molecule has 0 aliphatic carbocycles. The van der Waals surface area contributed by atoms with E-state index < -0.39 is 0 Å².